The van der Waals surface area contributed by atoms with Crippen LogP contribution in [-0.2, 0) is 18.3 Å². The molecule has 1 aliphatic carbocycles. The number of fused-ring (bicyclic) bond motifs is 3. The first kappa shape index (κ1) is 12.2. The van der Waals surface area contributed by atoms with Gasteiger partial charge in [0.15, 0.2) is 0 Å². The van der Waals surface area contributed by atoms with Crippen LogP contribution in [0.4, 0.5) is 0 Å². The zero-order valence-corrected chi connectivity index (χ0v) is 11.6. The monoisotopic (exact) mass is 254 g/mol. The third-order valence-electron chi connectivity index (χ3n) is 4.06. The van der Waals surface area contributed by atoms with Crippen molar-refractivity contribution < 1.29 is 4.42 Å². The van der Waals surface area contributed by atoms with Crippen LogP contribution in [-0.4, -0.2) is 0 Å². The smallest absolute Gasteiger partial charge is 0.336 e. The van der Waals surface area contributed by atoms with Crippen molar-refractivity contribution in [3.8, 4) is 11.3 Å². The van der Waals surface area contributed by atoms with E-state index >= 15 is 0 Å². The Labute approximate surface area is 113 Å². The Kier molecular flexibility index (Phi) is 2.63. The molecule has 0 atom stereocenters. The number of hydrogen-bond acceptors (Lipinski definition) is 2. The van der Waals surface area contributed by atoms with Gasteiger partial charge in [0, 0.05) is 11.6 Å². The van der Waals surface area contributed by atoms with Crippen LogP contribution < -0.4 is 5.63 Å². The summed E-state index contributed by atoms with van der Waals surface area (Å²) in [6.07, 6.45) is 1.79. The first-order valence-corrected chi connectivity index (χ1v) is 6.78. The highest BCUT2D eigenvalue weighted by atomic mass is 16.4. The highest BCUT2D eigenvalue weighted by molar-refractivity contribution is 5.71. The minimum Gasteiger partial charge on any atom is -0.422 e. The summed E-state index contributed by atoms with van der Waals surface area (Å²) in [6, 6.07) is 9.88. The number of hydrogen-bond donors (Lipinski definition) is 0. The number of rotatable bonds is 1. The van der Waals surface area contributed by atoms with Gasteiger partial charge in [0.2, 0.25) is 0 Å². The van der Waals surface area contributed by atoms with E-state index in [9.17, 15) is 4.79 Å². The molecule has 0 amide bonds. The molecule has 2 heteroatoms. The molecule has 0 fully saturated rings. The van der Waals surface area contributed by atoms with Crippen LogP contribution >= 0.6 is 0 Å². The van der Waals surface area contributed by atoms with Crippen molar-refractivity contribution in [1.29, 1.82) is 0 Å². The van der Waals surface area contributed by atoms with E-state index in [2.05, 4.69) is 32.9 Å². The van der Waals surface area contributed by atoms with Crippen LogP contribution in [0.5, 0.6) is 0 Å². The topological polar surface area (TPSA) is 30.2 Å². The van der Waals surface area contributed by atoms with E-state index in [1.807, 2.05) is 12.1 Å². The molecule has 1 aliphatic rings. The largest absolute Gasteiger partial charge is 0.422 e. The van der Waals surface area contributed by atoms with Crippen molar-refractivity contribution in [3.63, 3.8) is 0 Å². The molecule has 0 unspecified atom stereocenters. The highest BCUT2D eigenvalue weighted by Crippen LogP contribution is 2.43. The molecule has 0 aliphatic heterocycles. The van der Waals surface area contributed by atoms with Gasteiger partial charge in [-0.2, -0.15) is 0 Å². The maximum atomic E-state index is 11.7. The molecule has 0 saturated heterocycles. The average molecular weight is 254 g/mol. The summed E-state index contributed by atoms with van der Waals surface area (Å²) in [5, 5.41) is 0. The van der Waals surface area contributed by atoms with Gasteiger partial charge < -0.3 is 4.42 Å². The van der Waals surface area contributed by atoms with Crippen molar-refractivity contribution in [1.82, 2.24) is 0 Å². The molecule has 98 valence electrons. The second-order valence-electron chi connectivity index (χ2n) is 5.86. The zero-order valence-electron chi connectivity index (χ0n) is 11.6. The fourth-order valence-electron chi connectivity index (χ4n) is 3.10. The van der Waals surface area contributed by atoms with Crippen LogP contribution in [0, 0.1) is 0 Å². The van der Waals surface area contributed by atoms with Crippen molar-refractivity contribution in [2.45, 2.75) is 39.0 Å². The first-order valence-electron chi connectivity index (χ1n) is 6.78. The molecular weight excluding hydrogens is 236 g/mol. The SMILES string of the molecule is CCc1cc(=O)oc2c1CC(C)(C)c1ccccc1-2. The fraction of sp³-hybridized carbons (Fsp3) is 0.353. The molecule has 1 aromatic heterocycles. The standard InChI is InChI=1S/C17H18O2/c1-4-11-9-15(18)19-16-12-7-5-6-8-14(12)17(2,3)10-13(11)16/h5-9H,4,10H2,1-3H3. The third kappa shape index (κ3) is 1.83. The lowest BCUT2D eigenvalue weighted by molar-refractivity contribution is 0.465. The third-order valence-corrected chi connectivity index (χ3v) is 4.06. The van der Waals surface area contributed by atoms with Crippen LogP contribution in [0.25, 0.3) is 11.3 Å². The molecule has 3 rings (SSSR count). The summed E-state index contributed by atoms with van der Waals surface area (Å²) in [5.41, 5.74) is 4.48. The van der Waals surface area contributed by atoms with Gasteiger partial charge in [-0.1, -0.05) is 45.0 Å². The van der Waals surface area contributed by atoms with Crippen LogP contribution in [0.2, 0.25) is 0 Å². The van der Waals surface area contributed by atoms with Gasteiger partial charge >= 0.3 is 5.63 Å². The molecule has 0 bridgehead atoms. The molecule has 19 heavy (non-hydrogen) atoms. The van der Waals surface area contributed by atoms with Gasteiger partial charge in [0.1, 0.15) is 5.76 Å². The van der Waals surface area contributed by atoms with Crippen LogP contribution in [0.1, 0.15) is 37.5 Å². The van der Waals surface area contributed by atoms with Crippen molar-refractivity contribution in [2.75, 3.05) is 0 Å². The van der Waals surface area contributed by atoms with Gasteiger partial charge in [-0.15, -0.1) is 0 Å². The van der Waals surface area contributed by atoms with E-state index in [1.165, 1.54) is 11.1 Å². The predicted octanol–water partition coefficient (Wildman–Crippen LogP) is 3.70. The van der Waals surface area contributed by atoms with Gasteiger partial charge in [0.05, 0.1) is 0 Å². The fourth-order valence-corrected chi connectivity index (χ4v) is 3.10. The Balaban J connectivity index is 2.38. The molecule has 0 saturated carbocycles. The Bertz CT molecular complexity index is 693. The van der Waals surface area contributed by atoms with Gasteiger partial charge in [-0.3, -0.25) is 0 Å². The molecule has 1 aromatic carbocycles. The van der Waals surface area contributed by atoms with E-state index in [-0.39, 0.29) is 11.0 Å². The Morgan fingerprint density at radius 2 is 2.00 bits per heavy atom. The lowest BCUT2D eigenvalue weighted by Gasteiger charge is -2.33. The minimum absolute atomic E-state index is 0.0768. The zero-order chi connectivity index (χ0) is 13.6. The maximum Gasteiger partial charge on any atom is 0.336 e. The van der Waals surface area contributed by atoms with E-state index in [0.29, 0.717) is 0 Å². The molecule has 0 radical (unpaired) electrons. The first-order chi connectivity index (χ1) is 9.03. The van der Waals surface area contributed by atoms with E-state index in [4.69, 9.17) is 4.42 Å². The van der Waals surface area contributed by atoms with Gasteiger partial charge in [0.25, 0.3) is 0 Å². The summed E-state index contributed by atoms with van der Waals surface area (Å²) in [4.78, 5) is 11.7. The van der Waals surface area contributed by atoms with E-state index < -0.39 is 0 Å². The van der Waals surface area contributed by atoms with Gasteiger partial charge in [-0.25, -0.2) is 4.79 Å². The lowest BCUT2D eigenvalue weighted by Crippen LogP contribution is -2.27. The second kappa shape index (κ2) is 4.09. The Hall–Kier alpha value is -1.83. The Morgan fingerprint density at radius 1 is 1.26 bits per heavy atom. The quantitative estimate of drug-likeness (QED) is 0.776. The van der Waals surface area contributed by atoms with Crippen LogP contribution in [0.3, 0.4) is 0 Å². The molecular formula is C17H18O2. The molecule has 2 nitrogen and oxygen atoms in total. The van der Waals surface area contributed by atoms with Crippen LogP contribution in [0.15, 0.2) is 39.5 Å². The van der Waals surface area contributed by atoms with Gasteiger partial charge in [-0.05, 0) is 34.9 Å². The molecule has 2 aromatic rings. The number of benzene rings is 1. The molecule has 0 N–H and O–H groups in total. The summed E-state index contributed by atoms with van der Waals surface area (Å²) in [6.45, 7) is 6.58. The Morgan fingerprint density at radius 3 is 2.74 bits per heavy atom. The van der Waals surface area contributed by atoms with Crippen molar-refractivity contribution >= 4 is 0 Å². The van der Waals surface area contributed by atoms with Crippen molar-refractivity contribution in [3.05, 3.63) is 57.4 Å². The maximum absolute atomic E-state index is 11.7. The average Bonchev–Trinajstić information content (AvgIpc) is 2.39. The minimum atomic E-state index is -0.245. The lowest BCUT2D eigenvalue weighted by atomic mass is 9.71. The normalized spacial score (nSPS) is 15.7. The van der Waals surface area contributed by atoms with E-state index in [0.717, 1.165) is 29.7 Å². The molecule has 0 spiro atoms. The highest BCUT2D eigenvalue weighted by Gasteiger charge is 2.33. The van der Waals surface area contributed by atoms with Crippen molar-refractivity contribution in [2.24, 2.45) is 0 Å². The summed E-state index contributed by atoms with van der Waals surface area (Å²) in [7, 11) is 0. The second-order valence-corrected chi connectivity index (χ2v) is 5.86. The summed E-state index contributed by atoms with van der Waals surface area (Å²) >= 11 is 0. The number of aryl methyl sites for hydroxylation is 1. The summed E-state index contributed by atoms with van der Waals surface area (Å²) in [5.74, 6) is 0.777. The predicted molar refractivity (Wildman–Crippen MR) is 76.5 cm³/mol. The summed E-state index contributed by atoms with van der Waals surface area (Å²) < 4.78 is 5.51. The van der Waals surface area contributed by atoms with E-state index in [1.54, 1.807) is 6.07 Å². The molecule has 1 heterocycles.